The highest BCUT2D eigenvalue weighted by Crippen LogP contribution is 2.33. The van der Waals surface area contributed by atoms with Crippen molar-refractivity contribution in [1.29, 1.82) is 0 Å². The van der Waals surface area contributed by atoms with Gasteiger partial charge in [-0.15, -0.1) is 0 Å². The van der Waals surface area contributed by atoms with E-state index in [0.717, 1.165) is 36.8 Å². The Morgan fingerprint density at radius 2 is 2.17 bits per heavy atom. The molecule has 0 spiro atoms. The molecule has 1 aliphatic heterocycles. The molecule has 0 amide bonds. The van der Waals surface area contributed by atoms with Gasteiger partial charge < -0.3 is 19.5 Å². The molecule has 1 aromatic carbocycles. The van der Waals surface area contributed by atoms with Crippen molar-refractivity contribution in [3.05, 3.63) is 23.8 Å². The number of hydrogen-bond donors (Lipinski definition) is 1. The molecule has 0 bridgehead atoms. The van der Waals surface area contributed by atoms with Crippen molar-refractivity contribution >= 4 is 0 Å². The predicted molar refractivity (Wildman–Crippen MR) is 70.2 cm³/mol. The Kier molecular flexibility index (Phi) is 4.84. The SMILES string of the molecule is CCOCC(C)NCc1cccc2c1OCCO2. The highest BCUT2D eigenvalue weighted by Gasteiger charge is 2.15. The van der Waals surface area contributed by atoms with E-state index < -0.39 is 0 Å². The lowest BCUT2D eigenvalue weighted by Crippen LogP contribution is -2.30. The van der Waals surface area contributed by atoms with Crippen LogP contribution in [-0.2, 0) is 11.3 Å². The second-order valence-electron chi connectivity index (χ2n) is 4.38. The van der Waals surface area contributed by atoms with E-state index in [4.69, 9.17) is 14.2 Å². The molecule has 2 rings (SSSR count). The first kappa shape index (κ1) is 13.2. The molecule has 100 valence electrons. The first-order valence-electron chi connectivity index (χ1n) is 6.50. The molecule has 0 aliphatic carbocycles. The van der Waals surface area contributed by atoms with Gasteiger partial charge in [-0.25, -0.2) is 0 Å². The third kappa shape index (κ3) is 3.37. The maximum Gasteiger partial charge on any atom is 0.165 e. The van der Waals surface area contributed by atoms with Crippen molar-refractivity contribution in [2.75, 3.05) is 26.4 Å². The summed E-state index contributed by atoms with van der Waals surface area (Å²) in [5, 5.41) is 3.42. The molecule has 0 saturated heterocycles. The first-order chi connectivity index (χ1) is 8.81. The normalized spacial score (nSPS) is 15.4. The van der Waals surface area contributed by atoms with Crippen LogP contribution in [0.5, 0.6) is 11.5 Å². The first-order valence-corrected chi connectivity index (χ1v) is 6.50. The smallest absolute Gasteiger partial charge is 0.165 e. The molecule has 1 aliphatic rings. The van der Waals surface area contributed by atoms with Crippen LogP contribution < -0.4 is 14.8 Å². The molecule has 1 heterocycles. The van der Waals surface area contributed by atoms with Gasteiger partial charge >= 0.3 is 0 Å². The van der Waals surface area contributed by atoms with E-state index >= 15 is 0 Å². The van der Waals surface area contributed by atoms with E-state index in [-0.39, 0.29) is 0 Å². The van der Waals surface area contributed by atoms with Crippen molar-refractivity contribution < 1.29 is 14.2 Å². The Labute approximate surface area is 108 Å². The van der Waals surface area contributed by atoms with Crippen LogP contribution in [0.3, 0.4) is 0 Å². The number of ether oxygens (including phenoxy) is 3. The lowest BCUT2D eigenvalue weighted by atomic mass is 10.1. The summed E-state index contributed by atoms with van der Waals surface area (Å²) in [7, 11) is 0. The van der Waals surface area contributed by atoms with Crippen molar-refractivity contribution in [2.45, 2.75) is 26.4 Å². The quantitative estimate of drug-likeness (QED) is 0.839. The van der Waals surface area contributed by atoms with Gasteiger partial charge in [0.05, 0.1) is 6.61 Å². The number of rotatable bonds is 6. The maximum atomic E-state index is 5.67. The number of hydrogen-bond acceptors (Lipinski definition) is 4. The summed E-state index contributed by atoms with van der Waals surface area (Å²) in [4.78, 5) is 0. The van der Waals surface area contributed by atoms with Crippen LogP contribution in [-0.4, -0.2) is 32.5 Å². The molecular weight excluding hydrogens is 230 g/mol. The Morgan fingerprint density at radius 3 is 3.00 bits per heavy atom. The second kappa shape index (κ2) is 6.61. The van der Waals surface area contributed by atoms with Gasteiger partial charge in [0, 0.05) is 24.8 Å². The molecule has 1 unspecified atom stereocenters. The Balaban J connectivity index is 1.93. The number of benzene rings is 1. The van der Waals surface area contributed by atoms with Crippen LogP contribution in [0.15, 0.2) is 18.2 Å². The van der Waals surface area contributed by atoms with Crippen molar-refractivity contribution in [3.8, 4) is 11.5 Å². The summed E-state index contributed by atoms with van der Waals surface area (Å²) in [6.45, 7) is 7.62. The van der Waals surface area contributed by atoms with E-state index in [1.807, 2.05) is 19.1 Å². The number of nitrogens with one attached hydrogen (secondary N) is 1. The van der Waals surface area contributed by atoms with Gasteiger partial charge in [-0.05, 0) is 19.9 Å². The Bertz CT molecular complexity index is 381. The highest BCUT2D eigenvalue weighted by atomic mass is 16.6. The van der Waals surface area contributed by atoms with Crippen LogP contribution in [0.4, 0.5) is 0 Å². The zero-order valence-corrected chi connectivity index (χ0v) is 11.1. The fourth-order valence-corrected chi connectivity index (χ4v) is 1.91. The van der Waals surface area contributed by atoms with E-state index in [1.165, 1.54) is 0 Å². The largest absolute Gasteiger partial charge is 0.486 e. The molecule has 4 nitrogen and oxygen atoms in total. The summed E-state index contributed by atoms with van der Waals surface area (Å²) in [5.74, 6) is 1.72. The van der Waals surface area contributed by atoms with Crippen LogP contribution >= 0.6 is 0 Å². The van der Waals surface area contributed by atoms with Crippen molar-refractivity contribution in [2.24, 2.45) is 0 Å². The molecule has 1 N–H and O–H groups in total. The molecule has 0 saturated carbocycles. The molecule has 4 heteroatoms. The average molecular weight is 251 g/mol. The summed E-state index contributed by atoms with van der Waals surface area (Å²) in [5.41, 5.74) is 1.13. The second-order valence-corrected chi connectivity index (χ2v) is 4.38. The minimum Gasteiger partial charge on any atom is -0.486 e. The molecule has 18 heavy (non-hydrogen) atoms. The van der Waals surface area contributed by atoms with Crippen LogP contribution in [0.2, 0.25) is 0 Å². The molecule has 0 fully saturated rings. The van der Waals surface area contributed by atoms with Gasteiger partial charge in [0.25, 0.3) is 0 Å². The summed E-state index contributed by atoms with van der Waals surface area (Å²) in [6, 6.07) is 6.33. The Morgan fingerprint density at radius 1 is 1.33 bits per heavy atom. The number of para-hydroxylation sites is 1. The zero-order valence-electron chi connectivity index (χ0n) is 11.1. The third-order valence-corrected chi connectivity index (χ3v) is 2.86. The molecule has 0 radical (unpaired) electrons. The Hall–Kier alpha value is -1.26. The lowest BCUT2D eigenvalue weighted by molar-refractivity contribution is 0.126. The van der Waals surface area contributed by atoms with Crippen molar-refractivity contribution in [3.63, 3.8) is 0 Å². The summed E-state index contributed by atoms with van der Waals surface area (Å²) >= 11 is 0. The predicted octanol–water partition coefficient (Wildman–Crippen LogP) is 1.97. The average Bonchev–Trinajstić information content (AvgIpc) is 2.42. The van der Waals surface area contributed by atoms with Gasteiger partial charge in [0.1, 0.15) is 13.2 Å². The monoisotopic (exact) mass is 251 g/mol. The van der Waals surface area contributed by atoms with Crippen LogP contribution in [0.1, 0.15) is 19.4 Å². The lowest BCUT2D eigenvalue weighted by Gasteiger charge is -2.22. The van der Waals surface area contributed by atoms with Gasteiger partial charge in [-0.1, -0.05) is 12.1 Å². The fraction of sp³-hybridized carbons (Fsp3) is 0.571. The zero-order chi connectivity index (χ0) is 12.8. The van der Waals surface area contributed by atoms with Crippen molar-refractivity contribution in [1.82, 2.24) is 5.32 Å². The van der Waals surface area contributed by atoms with Gasteiger partial charge in [0.2, 0.25) is 0 Å². The molecule has 0 aromatic heterocycles. The highest BCUT2D eigenvalue weighted by molar-refractivity contribution is 5.47. The molecular formula is C14H21NO3. The van der Waals surface area contributed by atoms with E-state index in [1.54, 1.807) is 0 Å². The van der Waals surface area contributed by atoms with Gasteiger partial charge in [-0.3, -0.25) is 0 Å². The van der Waals surface area contributed by atoms with Gasteiger partial charge in [0.15, 0.2) is 11.5 Å². The van der Waals surface area contributed by atoms with Crippen LogP contribution in [0, 0.1) is 0 Å². The minimum atomic E-state index is 0.324. The standard InChI is InChI=1S/C14H21NO3/c1-3-16-10-11(2)15-9-12-5-4-6-13-14(12)18-8-7-17-13/h4-6,11,15H,3,7-10H2,1-2H3. The maximum absolute atomic E-state index is 5.67. The topological polar surface area (TPSA) is 39.7 Å². The summed E-state index contributed by atoms with van der Waals surface area (Å²) < 4.78 is 16.6. The molecule has 1 aromatic rings. The molecule has 1 atom stereocenters. The van der Waals surface area contributed by atoms with E-state index in [9.17, 15) is 0 Å². The minimum absolute atomic E-state index is 0.324. The van der Waals surface area contributed by atoms with Crippen LogP contribution in [0.25, 0.3) is 0 Å². The third-order valence-electron chi connectivity index (χ3n) is 2.86. The number of fused-ring (bicyclic) bond motifs is 1. The van der Waals surface area contributed by atoms with Gasteiger partial charge in [-0.2, -0.15) is 0 Å². The fourth-order valence-electron chi connectivity index (χ4n) is 1.91. The van der Waals surface area contributed by atoms with E-state index in [0.29, 0.717) is 19.3 Å². The summed E-state index contributed by atoms with van der Waals surface area (Å²) in [6.07, 6.45) is 0. The van der Waals surface area contributed by atoms with E-state index in [2.05, 4.69) is 18.3 Å².